The minimum Gasteiger partial charge on any atom is -0.476 e. The molecule has 5 nitrogen and oxygen atoms in total. The molecule has 1 amide bonds. The minimum absolute atomic E-state index is 0.170. The number of benzene rings is 1. The monoisotopic (exact) mass is 281 g/mol. The number of carbonyl (C=O) groups excluding carboxylic acids is 1. The number of fused-ring (bicyclic) bond motifs is 1. The van der Waals surface area contributed by atoms with Crippen LogP contribution in [-0.2, 0) is 4.79 Å². The van der Waals surface area contributed by atoms with Gasteiger partial charge in [0.2, 0.25) is 0 Å². The van der Waals surface area contributed by atoms with Gasteiger partial charge in [-0.1, -0.05) is 0 Å². The van der Waals surface area contributed by atoms with Gasteiger partial charge in [0.15, 0.2) is 5.60 Å². The van der Waals surface area contributed by atoms with E-state index < -0.39 is 12.7 Å². The maximum atomic E-state index is 12.2. The third kappa shape index (κ3) is 2.33. The molecule has 2 rings (SSSR count). The number of ether oxygens (including phenoxy) is 1. The molecule has 1 aliphatic heterocycles. The van der Waals surface area contributed by atoms with Gasteiger partial charge in [-0.05, 0) is 32.2 Å². The van der Waals surface area contributed by atoms with Crippen molar-refractivity contribution in [3.63, 3.8) is 0 Å². The van der Waals surface area contributed by atoms with Gasteiger partial charge in [-0.2, -0.15) is 0 Å². The number of anilines is 1. The maximum absolute atomic E-state index is 12.2. The lowest BCUT2D eigenvalue weighted by atomic mass is 9.78. The highest BCUT2D eigenvalue weighted by Gasteiger charge is 2.41. The average molecular weight is 281 g/mol. The normalized spacial score (nSPS) is 16.9. The largest absolute Gasteiger partial charge is 0.492 e. The summed E-state index contributed by atoms with van der Waals surface area (Å²) < 4.78 is 5.67. The molecule has 0 spiro atoms. The van der Waals surface area contributed by atoms with Crippen molar-refractivity contribution in [3.05, 3.63) is 12.1 Å². The highest BCUT2D eigenvalue weighted by atomic mass is 32.2. The van der Waals surface area contributed by atoms with Crippen LogP contribution in [0.3, 0.4) is 0 Å². The van der Waals surface area contributed by atoms with Gasteiger partial charge < -0.3 is 19.7 Å². The molecule has 1 heterocycles. The molecule has 0 radical (unpaired) electrons. The first-order valence-electron chi connectivity index (χ1n) is 5.83. The van der Waals surface area contributed by atoms with Crippen LogP contribution >= 0.6 is 11.8 Å². The first kappa shape index (κ1) is 14.2. The van der Waals surface area contributed by atoms with Gasteiger partial charge in [0.05, 0.1) is 5.69 Å². The fourth-order valence-corrected chi connectivity index (χ4v) is 2.57. The Bertz CT molecular complexity index is 533. The number of thioether (sulfide) groups is 1. The number of likely N-dealkylation sites (N-methyl/N-ethyl adjacent to an activating group) is 1. The van der Waals surface area contributed by atoms with Crippen molar-refractivity contribution in [1.82, 2.24) is 0 Å². The molecule has 0 aliphatic carbocycles. The van der Waals surface area contributed by atoms with E-state index in [1.165, 1.54) is 16.7 Å². The molecular weight excluding hydrogens is 265 g/mol. The Hall–Kier alpha value is -1.18. The lowest BCUT2D eigenvalue weighted by Crippen LogP contribution is -2.53. The molecule has 102 valence electrons. The van der Waals surface area contributed by atoms with Crippen molar-refractivity contribution in [2.24, 2.45) is 0 Å². The van der Waals surface area contributed by atoms with E-state index in [0.29, 0.717) is 11.4 Å². The highest BCUT2D eigenvalue weighted by Crippen LogP contribution is 2.38. The zero-order chi connectivity index (χ0) is 14.4. The Morgan fingerprint density at radius 1 is 1.37 bits per heavy atom. The second-order valence-corrected chi connectivity index (χ2v) is 5.79. The standard InChI is InChI=1S/C12H16BNO4S/c1-12(2)11(15)14(3)9-6-7(19-4)5-8(13(16)17)10(9)18-12/h5-6,16-17H,1-4H3. The number of rotatable bonds is 2. The summed E-state index contributed by atoms with van der Waals surface area (Å²) in [5.41, 5.74) is -0.194. The molecule has 0 aromatic heterocycles. The van der Waals surface area contributed by atoms with Gasteiger partial charge in [-0.3, -0.25) is 4.79 Å². The molecule has 2 N–H and O–H groups in total. The first-order chi connectivity index (χ1) is 8.77. The lowest BCUT2D eigenvalue weighted by molar-refractivity contribution is -0.132. The number of hydrogen-bond acceptors (Lipinski definition) is 5. The molecule has 0 unspecified atom stereocenters. The van der Waals surface area contributed by atoms with Crippen molar-refractivity contribution in [2.45, 2.75) is 24.3 Å². The van der Waals surface area contributed by atoms with Crippen LogP contribution in [0.25, 0.3) is 0 Å². The van der Waals surface area contributed by atoms with Crippen LogP contribution in [0.15, 0.2) is 17.0 Å². The quantitative estimate of drug-likeness (QED) is 0.599. The van der Waals surface area contributed by atoms with Crippen LogP contribution in [-0.4, -0.2) is 42.0 Å². The van der Waals surface area contributed by atoms with Crippen molar-refractivity contribution in [3.8, 4) is 5.75 Å². The molecule has 0 saturated heterocycles. The second-order valence-electron chi connectivity index (χ2n) is 4.92. The molecule has 0 bridgehead atoms. The van der Waals surface area contributed by atoms with E-state index in [1.54, 1.807) is 33.0 Å². The topological polar surface area (TPSA) is 70.0 Å². The smallest absolute Gasteiger partial charge is 0.476 e. The van der Waals surface area contributed by atoms with E-state index in [4.69, 9.17) is 4.74 Å². The molecule has 1 aromatic rings. The molecule has 0 saturated carbocycles. The fraction of sp³-hybridized carbons (Fsp3) is 0.417. The zero-order valence-corrected chi connectivity index (χ0v) is 12.1. The molecular formula is C12H16BNO4S. The van der Waals surface area contributed by atoms with Gasteiger partial charge in [0, 0.05) is 17.4 Å². The Morgan fingerprint density at radius 3 is 2.53 bits per heavy atom. The van der Waals surface area contributed by atoms with E-state index in [1.807, 2.05) is 6.26 Å². The molecule has 7 heteroatoms. The predicted octanol–water partition coefficient (Wildman–Crippen LogP) is 0.222. The van der Waals surface area contributed by atoms with Crippen molar-refractivity contribution < 1.29 is 19.6 Å². The van der Waals surface area contributed by atoms with Gasteiger partial charge in [-0.25, -0.2) is 0 Å². The van der Waals surface area contributed by atoms with Crippen molar-refractivity contribution in [1.29, 1.82) is 0 Å². The van der Waals surface area contributed by atoms with E-state index >= 15 is 0 Å². The second kappa shape index (κ2) is 4.74. The van der Waals surface area contributed by atoms with E-state index in [2.05, 4.69) is 0 Å². The van der Waals surface area contributed by atoms with Gasteiger partial charge >= 0.3 is 7.12 Å². The summed E-state index contributed by atoms with van der Waals surface area (Å²) in [6, 6.07) is 3.47. The molecule has 0 atom stereocenters. The van der Waals surface area contributed by atoms with Crippen molar-refractivity contribution in [2.75, 3.05) is 18.2 Å². The molecule has 1 aromatic carbocycles. The van der Waals surface area contributed by atoms with Crippen LogP contribution in [0.4, 0.5) is 5.69 Å². The Labute approximate surface area is 116 Å². The van der Waals surface area contributed by atoms with Crippen LogP contribution < -0.4 is 15.1 Å². The predicted molar refractivity (Wildman–Crippen MR) is 76.2 cm³/mol. The average Bonchev–Trinajstić information content (AvgIpc) is 2.35. The first-order valence-corrected chi connectivity index (χ1v) is 7.05. The Balaban J connectivity index is 2.67. The summed E-state index contributed by atoms with van der Waals surface area (Å²) in [5, 5.41) is 19.0. The summed E-state index contributed by atoms with van der Waals surface area (Å²) in [5.74, 6) is 0.177. The molecule has 1 aliphatic rings. The Kier molecular flexibility index (Phi) is 3.55. The summed E-state index contributed by atoms with van der Waals surface area (Å²) >= 11 is 1.46. The third-order valence-corrected chi connectivity index (χ3v) is 3.83. The van der Waals surface area contributed by atoms with Crippen molar-refractivity contribution >= 4 is 35.9 Å². The number of carbonyl (C=O) groups is 1. The van der Waals surface area contributed by atoms with E-state index in [-0.39, 0.29) is 11.4 Å². The van der Waals surface area contributed by atoms with Gasteiger partial charge in [0.1, 0.15) is 5.75 Å². The minimum atomic E-state index is -1.64. The zero-order valence-electron chi connectivity index (χ0n) is 11.3. The number of hydrogen-bond donors (Lipinski definition) is 2. The summed E-state index contributed by atoms with van der Waals surface area (Å²) in [4.78, 5) is 14.5. The lowest BCUT2D eigenvalue weighted by Gasteiger charge is -2.38. The summed E-state index contributed by atoms with van der Waals surface area (Å²) in [6.07, 6.45) is 1.88. The van der Waals surface area contributed by atoms with Crippen LogP contribution in [0, 0.1) is 0 Å². The summed E-state index contributed by atoms with van der Waals surface area (Å²) in [6.45, 7) is 3.32. The van der Waals surface area contributed by atoms with E-state index in [9.17, 15) is 14.8 Å². The Morgan fingerprint density at radius 2 is 2.00 bits per heavy atom. The maximum Gasteiger partial charge on any atom is 0.492 e. The molecule has 0 fully saturated rings. The fourth-order valence-electron chi connectivity index (χ4n) is 2.09. The van der Waals surface area contributed by atoms with Crippen LogP contribution in [0.5, 0.6) is 5.75 Å². The molecule has 19 heavy (non-hydrogen) atoms. The van der Waals surface area contributed by atoms with Crippen LogP contribution in [0.2, 0.25) is 0 Å². The van der Waals surface area contributed by atoms with E-state index in [0.717, 1.165) is 4.90 Å². The number of nitrogens with zero attached hydrogens (tertiary/aromatic N) is 1. The van der Waals surface area contributed by atoms with Gasteiger partial charge in [-0.15, -0.1) is 11.8 Å². The third-order valence-electron chi connectivity index (χ3n) is 3.12. The van der Waals surface area contributed by atoms with Crippen LogP contribution in [0.1, 0.15) is 13.8 Å². The summed E-state index contributed by atoms with van der Waals surface area (Å²) in [7, 11) is 0.0153. The highest BCUT2D eigenvalue weighted by molar-refractivity contribution is 7.98. The SMILES string of the molecule is CSc1cc(B(O)O)c2c(c1)N(C)C(=O)C(C)(C)O2. The van der Waals surface area contributed by atoms with Gasteiger partial charge in [0.25, 0.3) is 5.91 Å². The number of amides is 1.